The molecule has 0 aliphatic carbocycles. The van der Waals surface area contributed by atoms with Gasteiger partial charge in [0, 0.05) is 37.9 Å². The van der Waals surface area contributed by atoms with Gasteiger partial charge in [0.15, 0.2) is 0 Å². The van der Waals surface area contributed by atoms with E-state index in [-0.39, 0.29) is 0 Å². The summed E-state index contributed by atoms with van der Waals surface area (Å²) in [5, 5.41) is 13.3. The van der Waals surface area contributed by atoms with Crippen LogP contribution in [0.1, 0.15) is 5.56 Å². The zero-order valence-corrected chi connectivity index (χ0v) is 11.8. The molecule has 0 saturated carbocycles. The minimum absolute atomic E-state index is 0.556. The van der Waals surface area contributed by atoms with Crippen LogP contribution in [-0.2, 0) is 6.54 Å². The van der Waals surface area contributed by atoms with Gasteiger partial charge >= 0.3 is 0 Å². The van der Waals surface area contributed by atoms with Crippen molar-refractivity contribution in [3.05, 3.63) is 40.8 Å². The van der Waals surface area contributed by atoms with E-state index in [0.29, 0.717) is 11.5 Å². The fourth-order valence-electron chi connectivity index (χ4n) is 2.30. The number of aromatic nitrogens is 3. The Kier molecular flexibility index (Phi) is 3.22. The second-order valence-corrected chi connectivity index (χ2v) is 5.55. The first kappa shape index (κ1) is 12.2. The SMILES string of the molecule is N#Cc1cccnc1N1CC(Cn2cc(Br)cn2)C1. The molecule has 0 unspecified atom stereocenters. The molecule has 3 rings (SSSR count). The molecular weight excluding hydrogens is 306 g/mol. The van der Waals surface area contributed by atoms with E-state index in [0.717, 1.165) is 29.9 Å². The van der Waals surface area contributed by atoms with Gasteiger partial charge in [-0.15, -0.1) is 0 Å². The summed E-state index contributed by atoms with van der Waals surface area (Å²) in [5.41, 5.74) is 0.641. The molecule has 0 radical (unpaired) electrons. The standard InChI is InChI=1S/C13H12BrN5/c14-12-5-17-19(9-12)8-10-6-18(7-10)13-11(4-15)2-1-3-16-13/h1-3,5,9-10H,6-8H2. The summed E-state index contributed by atoms with van der Waals surface area (Å²) in [6.07, 6.45) is 5.50. The third kappa shape index (κ3) is 2.47. The van der Waals surface area contributed by atoms with Gasteiger partial charge in [0.1, 0.15) is 11.9 Å². The highest BCUT2D eigenvalue weighted by Crippen LogP contribution is 2.26. The van der Waals surface area contributed by atoms with Gasteiger partial charge in [-0.05, 0) is 28.1 Å². The molecule has 1 aliphatic rings. The van der Waals surface area contributed by atoms with Crippen LogP contribution in [0, 0.1) is 17.2 Å². The summed E-state index contributed by atoms with van der Waals surface area (Å²) in [7, 11) is 0. The summed E-state index contributed by atoms with van der Waals surface area (Å²) >= 11 is 3.39. The predicted octanol–water partition coefficient (Wildman–Crippen LogP) is 2.05. The number of hydrogen-bond donors (Lipinski definition) is 0. The number of nitriles is 1. The maximum Gasteiger partial charge on any atom is 0.146 e. The highest BCUT2D eigenvalue weighted by atomic mass is 79.9. The molecule has 19 heavy (non-hydrogen) atoms. The number of anilines is 1. The summed E-state index contributed by atoms with van der Waals surface area (Å²) < 4.78 is 2.94. The minimum atomic E-state index is 0.556. The second-order valence-electron chi connectivity index (χ2n) is 4.64. The number of pyridine rings is 1. The Labute approximate surface area is 119 Å². The molecule has 2 aromatic heterocycles. The van der Waals surface area contributed by atoms with Gasteiger partial charge in [-0.1, -0.05) is 0 Å². The number of rotatable bonds is 3. The molecular formula is C13H12BrN5. The number of hydrogen-bond acceptors (Lipinski definition) is 4. The van der Waals surface area contributed by atoms with Gasteiger partial charge in [-0.2, -0.15) is 10.4 Å². The third-order valence-corrected chi connectivity index (χ3v) is 3.62. The lowest BCUT2D eigenvalue weighted by Gasteiger charge is -2.40. The van der Waals surface area contributed by atoms with E-state index in [1.54, 1.807) is 24.5 Å². The highest BCUT2D eigenvalue weighted by molar-refractivity contribution is 9.10. The van der Waals surface area contributed by atoms with Crippen LogP contribution in [0.25, 0.3) is 0 Å². The Morgan fingerprint density at radius 2 is 2.32 bits per heavy atom. The average Bonchev–Trinajstić information content (AvgIpc) is 2.79. The maximum atomic E-state index is 9.05. The van der Waals surface area contributed by atoms with Crippen molar-refractivity contribution in [2.24, 2.45) is 5.92 Å². The Morgan fingerprint density at radius 3 is 3.00 bits per heavy atom. The largest absolute Gasteiger partial charge is 0.355 e. The van der Waals surface area contributed by atoms with Crippen LogP contribution in [0.5, 0.6) is 0 Å². The Bertz CT molecular complexity index is 624. The molecule has 2 aromatic rings. The Balaban J connectivity index is 1.62. The smallest absolute Gasteiger partial charge is 0.146 e. The van der Waals surface area contributed by atoms with Crippen molar-refractivity contribution in [2.75, 3.05) is 18.0 Å². The summed E-state index contributed by atoms with van der Waals surface area (Å²) in [6, 6.07) is 5.78. The van der Waals surface area contributed by atoms with Crippen molar-refractivity contribution in [3.63, 3.8) is 0 Å². The monoisotopic (exact) mass is 317 g/mol. The van der Waals surface area contributed by atoms with Crippen LogP contribution < -0.4 is 4.90 Å². The molecule has 3 heterocycles. The van der Waals surface area contributed by atoms with Gasteiger partial charge in [0.05, 0.1) is 16.2 Å². The molecule has 5 nitrogen and oxygen atoms in total. The van der Waals surface area contributed by atoms with Gasteiger partial charge in [-0.25, -0.2) is 4.98 Å². The van der Waals surface area contributed by atoms with Gasteiger partial charge in [0.25, 0.3) is 0 Å². The average molecular weight is 318 g/mol. The lowest BCUT2D eigenvalue weighted by molar-refractivity contribution is 0.340. The van der Waals surface area contributed by atoms with Crippen LogP contribution in [0.15, 0.2) is 35.2 Å². The van der Waals surface area contributed by atoms with Crippen LogP contribution in [0.2, 0.25) is 0 Å². The van der Waals surface area contributed by atoms with E-state index in [4.69, 9.17) is 5.26 Å². The van der Waals surface area contributed by atoms with Gasteiger partial charge in [-0.3, -0.25) is 4.68 Å². The molecule has 0 aromatic carbocycles. The first-order chi connectivity index (χ1) is 9.26. The summed E-state index contributed by atoms with van der Waals surface area (Å²) in [6.45, 7) is 2.74. The highest BCUT2D eigenvalue weighted by Gasteiger charge is 2.29. The van der Waals surface area contributed by atoms with Gasteiger partial charge in [0.2, 0.25) is 0 Å². The Morgan fingerprint density at radius 1 is 1.47 bits per heavy atom. The topological polar surface area (TPSA) is 57.7 Å². The predicted molar refractivity (Wildman–Crippen MR) is 74.6 cm³/mol. The lowest BCUT2D eigenvalue weighted by Crippen LogP contribution is -2.49. The molecule has 0 N–H and O–H groups in total. The van der Waals surface area contributed by atoms with Crippen LogP contribution >= 0.6 is 15.9 Å². The minimum Gasteiger partial charge on any atom is -0.355 e. The van der Waals surface area contributed by atoms with E-state index < -0.39 is 0 Å². The van der Waals surface area contributed by atoms with Crippen molar-refractivity contribution in [2.45, 2.75) is 6.54 Å². The van der Waals surface area contributed by atoms with Crippen molar-refractivity contribution in [1.29, 1.82) is 5.26 Å². The van der Waals surface area contributed by atoms with Crippen LogP contribution in [0.3, 0.4) is 0 Å². The molecule has 1 fully saturated rings. The first-order valence-electron chi connectivity index (χ1n) is 6.04. The molecule has 0 spiro atoms. The Hall–Kier alpha value is -1.87. The van der Waals surface area contributed by atoms with Crippen molar-refractivity contribution >= 4 is 21.7 Å². The summed E-state index contributed by atoms with van der Waals surface area (Å²) in [4.78, 5) is 6.43. The normalized spacial score (nSPS) is 15.1. The lowest BCUT2D eigenvalue weighted by atomic mass is 9.99. The molecule has 96 valence electrons. The van der Waals surface area contributed by atoms with E-state index in [1.807, 2.05) is 10.9 Å². The molecule has 1 saturated heterocycles. The maximum absolute atomic E-state index is 9.05. The quantitative estimate of drug-likeness (QED) is 0.869. The second kappa shape index (κ2) is 5.02. The molecule has 6 heteroatoms. The van der Waals surface area contributed by atoms with E-state index in [2.05, 4.69) is 37.0 Å². The first-order valence-corrected chi connectivity index (χ1v) is 6.83. The summed E-state index contributed by atoms with van der Waals surface area (Å²) in [5.74, 6) is 1.35. The van der Waals surface area contributed by atoms with Crippen LogP contribution in [-0.4, -0.2) is 27.9 Å². The zero-order valence-electron chi connectivity index (χ0n) is 10.2. The molecule has 0 amide bonds. The zero-order chi connectivity index (χ0) is 13.2. The number of nitrogens with zero attached hydrogens (tertiary/aromatic N) is 5. The van der Waals surface area contributed by atoms with E-state index >= 15 is 0 Å². The number of halogens is 1. The van der Waals surface area contributed by atoms with E-state index in [1.165, 1.54) is 0 Å². The fraction of sp³-hybridized carbons (Fsp3) is 0.308. The van der Waals surface area contributed by atoms with Crippen molar-refractivity contribution in [3.8, 4) is 6.07 Å². The van der Waals surface area contributed by atoms with E-state index in [9.17, 15) is 0 Å². The van der Waals surface area contributed by atoms with Crippen molar-refractivity contribution < 1.29 is 0 Å². The molecule has 1 aliphatic heterocycles. The molecule has 0 atom stereocenters. The molecule has 0 bridgehead atoms. The van der Waals surface area contributed by atoms with Gasteiger partial charge < -0.3 is 4.90 Å². The fourth-order valence-corrected chi connectivity index (χ4v) is 2.63. The van der Waals surface area contributed by atoms with Crippen molar-refractivity contribution in [1.82, 2.24) is 14.8 Å². The third-order valence-electron chi connectivity index (χ3n) is 3.21. The van der Waals surface area contributed by atoms with Crippen LogP contribution in [0.4, 0.5) is 5.82 Å².